The second-order valence-electron chi connectivity index (χ2n) is 3.56. The fourth-order valence-corrected chi connectivity index (χ4v) is 1.24. The lowest BCUT2D eigenvalue weighted by molar-refractivity contribution is -0.307. The molecule has 0 saturated carbocycles. The number of dihydropyridines is 1. The Morgan fingerprint density at radius 2 is 2.12 bits per heavy atom. The van der Waals surface area contributed by atoms with E-state index in [0.717, 1.165) is 12.1 Å². The predicted molar refractivity (Wildman–Crippen MR) is 64.8 cm³/mol. The first-order chi connectivity index (χ1) is 8.22. The van der Waals surface area contributed by atoms with E-state index >= 15 is 0 Å². The predicted octanol–water partition coefficient (Wildman–Crippen LogP) is 1.00. The summed E-state index contributed by atoms with van der Waals surface area (Å²) in [6, 6.07) is 9.04. The summed E-state index contributed by atoms with van der Waals surface area (Å²) < 4.78 is 0. The van der Waals surface area contributed by atoms with E-state index in [-0.39, 0.29) is 0 Å². The molecule has 1 aliphatic heterocycles. The van der Waals surface area contributed by atoms with Gasteiger partial charge < -0.3 is 15.2 Å². The van der Waals surface area contributed by atoms with E-state index in [1.807, 2.05) is 36.6 Å². The van der Waals surface area contributed by atoms with Gasteiger partial charge in [0.1, 0.15) is 6.20 Å². The Bertz CT molecular complexity index is 384. The van der Waals surface area contributed by atoms with Gasteiger partial charge in [-0.3, -0.25) is 0 Å². The average molecular weight is 229 g/mol. The van der Waals surface area contributed by atoms with Gasteiger partial charge in [0.15, 0.2) is 6.08 Å². The lowest BCUT2D eigenvalue weighted by atomic mass is 10.0. The first-order valence-corrected chi connectivity index (χ1v) is 5.43. The van der Waals surface area contributed by atoms with E-state index in [1.54, 1.807) is 19.1 Å². The van der Waals surface area contributed by atoms with Gasteiger partial charge in [0.2, 0.25) is 0 Å². The lowest BCUT2D eigenvalue weighted by Crippen LogP contribution is -2.27. The van der Waals surface area contributed by atoms with E-state index < -0.39 is 11.9 Å². The third-order valence-corrected chi connectivity index (χ3v) is 2.29. The van der Waals surface area contributed by atoms with Gasteiger partial charge in [0.25, 0.3) is 0 Å². The first kappa shape index (κ1) is 12.9. The lowest BCUT2D eigenvalue weighted by Gasteiger charge is -2.11. The third kappa shape index (κ3) is 4.96. The molecular weight excluding hydrogens is 214 g/mol. The highest BCUT2D eigenvalue weighted by Gasteiger charge is 2.03. The van der Waals surface area contributed by atoms with Crippen LogP contribution in [0.25, 0.3) is 0 Å². The topological polar surface area (TPSA) is 52.2 Å². The largest absolute Gasteiger partial charge is 0.550 e. The molecule has 0 radical (unpaired) electrons. The van der Waals surface area contributed by atoms with Gasteiger partial charge in [-0.15, -0.1) is 0 Å². The van der Waals surface area contributed by atoms with Crippen molar-refractivity contribution in [1.29, 1.82) is 0 Å². The summed E-state index contributed by atoms with van der Waals surface area (Å²) >= 11 is 0. The fraction of sp³-hybridized carbons (Fsp3) is 0.214. The molecule has 1 aromatic carbocycles. The fourth-order valence-electron chi connectivity index (χ4n) is 1.24. The van der Waals surface area contributed by atoms with Crippen molar-refractivity contribution in [2.24, 2.45) is 0 Å². The molecule has 0 amide bonds. The molecule has 0 fully saturated rings. The number of nitrogens with one attached hydrogen (secondary N) is 1. The Morgan fingerprint density at radius 1 is 1.41 bits per heavy atom. The maximum atomic E-state index is 10.4. The van der Waals surface area contributed by atoms with Crippen LogP contribution in [0.1, 0.15) is 18.4 Å². The maximum absolute atomic E-state index is 10.4. The Hall–Kier alpha value is -2.12. The summed E-state index contributed by atoms with van der Waals surface area (Å²) in [6.45, 7) is 2.54. The van der Waals surface area contributed by atoms with Crippen LogP contribution in [0.15, 0.2) is 48.7 Å². The maximum Gasteiger partial charge on any atom is 0.176 e. The second kappa shape index (κ2) is 7.20. The molecular formula is C14H15NO2. The number of benzene rings is 1. The van der Waals surface area contributed by atoms with Crippen molar-refractivity contribution in [2.75, 3.05) is 6.54 Å². The van der Waals surface area contributed by atoms with E-state index in [2.05, 4.69) is 11.4 Å². The third-order valence-electron chi connectivity index (χ3n) is 2.29. The monoisotopic (exact) mass is 229 g/mol. The number of carbonyl (C=O) groups excluding carboxylic acids is 1. The van der Waals surface area contributed by atoms with Crippen molar-refractivity contribution in [2.45, 2.75) is 12.8 Å². The highest BCUT2D eigenvalue weighted by Crippen LogP contribution is 2.12. The van der Waals surface area contributed by atoms with Crippen molar-refractivity contribution in [1.82, 2.24) is 5.32 Å². The van der Waals surface area contributed by atoms with Crippen LogP contribution in [0.4, 0.5) is 0 Å². The number of carbonyl (C=O) groups is 1. The minimum absolute atomic E-state index is 0.517. The SMILES string of the molecule is CC(C(=O)[O-])c1ccccc1.[C+]1=CCNC=C1. The molecule has 3 nitrogen and oxygen atoms in total. The second-order valence-corrected chi connectivity index (χ2v) is 3.56. The van der Waals surface area contributed by atoms with Crippen LogP contribution in [0.3, 0.4) is 0 Å². The Labute approximate surface area is 101 Å². The molecule has 2 rings (SSSR count). The number of carboxylic acid groups (broad SMARTS) is 1. The van der Waals surface area contributed by atoms with Gasteiger partial charge in [-0.1, -0.05) is 37.3 Å². The van der Waals surface area contributed by atoms with Gasteiger partial charge in [-0.2, -0.15) is 0 Å². The summed E-state index contributed by atoms with van der Waals surface area (Å²) in [5, 5.41) is 13.4. The number of allylic oxidation sites excluding steroid dienone is 2. The zero-order chi connectivity index (χ0) is 12.5. The summed E-state index contributed by atoms with van der Waals surface area (Å²) in [4.78, 5) is 10.4. The van der Waals surface area contributed by atoms with Crippen molar-refractivity contribution >= 4 is 5.97 Å². The Morgan fingerprint density at radius 3 is 2.47 bits per heavy atom. The van der Waals surface area contributed by atoms with Crippen LogP contribution in [0, 0.1) is 6.08 Å². The molecule has 1 aliphatic rings. The standard InChI is InChI=1S/C9H10O2.C5H6N/c1-7(9(10)11)8-5-3-2-4-6-8;1-2-4-6-5-3-1/h2-7H,1H3,(H,10,11);2-4,6H,5H2/q;+1/p-1. The highest BCUT2D eigenvalue weighted by atomic mass is 16.4. The Kier molecular flexibility index (Phi) is 5.49. The molecule has 0 aliphatic carbocycles. The summed E-state index contributed by atoms with van der Waals surface area (Å²) in [7, 11) is 0. The molecule has 88 valence electrons. The van der Waals surface area contributed by atoms with Crippen LogP contribution < -0.4 is 10.4 Å². The number of hydrogen-bond donors (Lipinski definition) is 1. The van der Waals surface area contributed by atoms with Crippen LogP contribution >= 0.6 is 0 Å². The van der Waals surface area contributed by atoms with Gasteiger partial charge in [-0.25, -0.2) is 0 Å². The van der Waals surface area contributed by atoms with E-state index in [1.165, 1.54) is 0 Å². The summed E-state index contributed by atoms with van der Waals surface area (Å²) in [6.07, 6.45) is 8.59. The van der Waals surface area contributed by atoms with Crippen molar-refractivity contribution in [3.8, 4) is 0 Å². The molecule has 3 heteroatoms. The molecule has 1 atom stereocenters. The molecule has 0 saturated heterocycles. The first-order valence-electron chi connectivity index (χ1n) is 5.43. The molecule has 1 aromatic rings. The summed E-state index contributed by atoms with van der Waals surface area (Å²) in [5.41, 5.74) is 0.785. The molecule has 0 aromatic heterocycles. The normalized spacial score (nSPS) is 13.7. The molecule has 0 spiro atoms. The number of carboxylic acids is 1. The van der Waals surface area contributed by atoms with Gasteiger partial charge in [0.05, 0.1) is 18.7 Å². The van der Waals surface area contributed by atoms with Crippen LogP contribution in [0.5, 0.6) is 0 Å². The average Bonchev–Trinajstić information content (AvgIpc) is 2.41. The zero-order valence-corrected chi connectivity index (χ0v) is 9.72. The molecule has 1 heterocycles. The molecule has 1 N–H and O–H groups in total. The van der Waals surface area contributed by atoms with E-state index in [9.17, 15) is 9.90 Å². The van der Waals surface area contributed by atoms with Crippen molar-refractivity contribution in [3.63, 3.8) is 0 Å². The molecule has 1 unspecified atom stereocenters. The number of hydrogen-bond acceptors (Lipinski definition) is 3. The van der Waals surface area contributed by atoms with Crippen molar-refractivity contribution < 1.29 is 9.90 Å². The minimum Gasteiger partial charge on any atom is -0.550 e. The van der Waals surface area contributed by atoms with Gasteiger partial charge in [-0.05, 0) is 5.56 Å². The van der Waals surface area contributed by atoms with E-state index in [0.29, 0.717) is 0 Å². The van der Waals surface area contributed by atoms with Gasteiger partial charge >= 0.3 is 0 Å². The zero-order valence-electron chi connectivity index (χ0n) is 9.72. The number of rotatable bonds is 2. The van der Waals surface area contributed by atoms with Crippen LogP contribution in [0.2, 0.25) is 0 Å². The molecule has 0 bridgehead atoms. The van der Waals surface area contributed by atoms with Crippen molar-refractivity contribution in [3.05, 3.63) is 60.3 Å². The highest BCUT2D eigenvalue weighted by molar-refractivity contribution is 5.73. The van der Waals surface area contributed by atoms with Gasteiger partial charge in [0, 0.05) is 11.9 Å². The van der Waals surface area contributed by atoms with Crippen LogP contribution in [-0.2, 0) is 4.79 Å². The Balaban J connectivity index is 0.000000202. The van der Waals surface area contributed by atoms with Crippen LogP contribution in [-0.4, -0.2) is 12.5 Å². The van der Waals surface area contributed by atoms with E-state index in [4.69, 9.17) is 0 Å². The summed E-state index contributed by atoms with van der Waals surface area (Å²) in [5.74, 6) is -1.55. The quantitative estimate of drug-likeness (QED) is 0.770. The minimum atomic E-state index is -1.03. The number of aliphatic carboxylic acids is 1. The molecule has 17 heavy (non-hydrogen) atoms. The smallest absolute Gasteiger partial charge is 0.176 e.